The predicted molar refractivity (Wildman–Crippen MR) is 118 cm³/mol. The van der Waals surface area contributed by atoms with E-state index in [-0.39, 0.29) is 30.7 Å². The van der Waals surface area contributed by atoms with Gasteiger partial charge >= 0.3 is 6.03 Å². The molecule has 2 aromatic carbocycles. The summed E-state index contributed by atoms with van der Waals surface area (Å²) in [5.74, 6) is 0.272. The first-order valence-corrected chi connectivity index (χ1v) is 10.6. The van der Waals surface area contributed by atoms with E-state index in [1.54, 1.807) is 34.1 Å². The number of ether oxygens (including phenoxy) is 1. The SMILES string of the molecule is O=C(CCC(=O)N1CCOc2ccccc21)Nc1ccccc1NC(=O)N1CCCC1. The van der Waals surface area contributed by atoms with Gasteiger partial charge < -0.3 is 25.2 Å². The van der Waals surface area contributed by atoms with Crippen LogP contribution in [0.2, 0.25) is 0 Å². The molecule has 8 nitrogen and oxygen atoms in total. The highest BCUT2D eigenvalue weighted by molar-refractivity contribution is 6.01. The van der Waals surface area contributed by atoms with Gasteiger partial charge in [-0.1, -0.05) is 24.3 Å². The average Bonchev–Trinajstić information content (AvgIpc) is 3.33. The molecule has 0 spiro atoms. The summed E-state index contributed by atoms with van der Waals surface area (Å²) in [5.41, 5.74) is 1.79. The number of benzene rings is 2. The van der Waals surface area contributed by atoms with Crippen LogP contribution in [0.15, 0.2) is 48.5 Å². The average molecular weight is 422 g/mol. The van der Waals surface area contributed by atoms with Crippen molar-refractivity contribution in [2.45, 2.75) is 25.7 Å². The van der Waals surface area contributed by atoms with E-state index in [1.807, 2.05) is 24.3 Å². The molecule has 0 bridgehead atoms. The van der Waals surface area contributed by atoms with Crippen molar-refractivity contribution < 1.29 is 19.1 Å². The van der Waals surface area contributed by atoms with Crippen LogP contribution in [-0.2, 0) is 9.59 Å². The van der Waals surface area contributed by atoms with Gasteiger partial charge in [0.1, 0.15) is 12.4 Å². The van der Waals surface area contributed by atoms with Crippen LogP contribution in [0.5, 0.6) is 5.75 Å². The largest absolute Gasteiger partial charge is 0.490 e. The number of likely N-dealkylation sites (tertiary alicyclic amines) is 1. The molecule has 1 fully saturated rings. The fourth-order valence-electron chi connectivity index (χ4n) is 3.81. The number of rotatable bonds is 5. The maximum Gasteiger partial charge on any atom is 0.321 e. The third kappa shape index (κ3) is 4.96. The second-order valence-electron chi connectivity index (χ2n) is 7.58. The number of carbonyl (C=O) groups excluding carboxylic acids is 3. The summed E-state index contributed by atoms with van der Waals surface area (Å²) < 4.78 is 5.58. The maximum atomic E-state index is 12.7. The number of nitrogens with one attached hydrogen (secondary N) is 2. The molecule has 162 valence electrons. The lowest BCUT2D eigenvalue weighted by Crippen LogP contribution is -2.38. The molecule has 4 rings (SSSR count). The number of carbonyl (C=O) groups is 3. The molecule has 0 radical (unpaired) electrons. The lowest BCUT2D eigenvalue weighted by atomic mass is 10.2. The van der Waals surface area contributed by atoms with Crippen LogP contribution in [0, 0.1) is 0 Å². The van der Waals surface area contributed by atoms with Gasteiger partial charge in [0.15, 0.2) is 0 Å². The lowest BCUT2D eigenvalue weighted by Gasteiger charge is -2.29. The summed E-state index contributed by atoms with van der Waals surface area (Å²) in [7, 11) is 0. The number of amides is 4. The van der Waals surface area contributed by atoms with Gasteiger partial charge in [-0.2, -0.15) is 0 Å². The first-order chi connectivity index (χ1) is 15.1. The number of urea groups is 1. The van der Waals surface area contributed by atoms with Gasteiger partial charge in [0.05, 0.1) is 23.6 Å². The molecule has 0 saturated carbocycles. The molecule has 2 heterocycles. The number of nitrogens with zero attached hydrogens (tertiary/aromatic N) is 2. The van der Waals surface area contributed by atoms with Crippen LogP contribution in [-0.4, -0.2) is 49.0 Å². The third-order valence-electron chi connectivity index (χ3n) is 5.43. The minimum absolute atomic E-state index is 0.0484. The quantitative estimate of drug-likeness (QED) is 0.772. The number of hydrogen-bond acceptors (Lipinski definition) is 4. The Hall–Kier alpha value is -3.55. The molecule has 0 aliphatic carbocycles. The molecule has 8 heteroatoms. The zero-order valence-corrected chi connectivity index (χ0v) is 17.3. The van der Waals surface area contributed by atoms with Crippen LogP contribution in [0.25, 0.3) is 0 Å². The number of hydrogen-bond donors (Lipinski definition) is 2. The normalized spacial score (nSPS) is 15.1. The Morgan fingerprint density at radius 1 is 0.839 bits per heavy atom. The highest BCUT2D eigenvalue weighted by Crippen LogP contribution is 2.31. The van der Waals surface area contributed by atoms with Crippen molar-refractivity contribution in [3.8, 4) is 5.75 Å². The molecule has 0 atom stereocenters. The van der Waals surface area contributed by atoms with Crippen molar-refractivity contribution in [2.24, 2.45) is 0 Å². The monoisotopic (exact) mass is 422 g/mol. The minimum Gasteiger partial charge on any atom is -0.490 e. The van der Waals surface area contributed by atoms with Crippen molar-refractivity contribution in [2.75, 3.05) is 41.8 Å². The van der Waals surface area contributed by atoms with Crippen LogP contribution in [0.4, 0.5) is 21.9 Å². The van der Waals surface area contributed by atoms with Gasteiger partial charge in [-0.3, -0.25) is 9.59 Å². The van der Waals surface area contributed by atoms with Crippen molar-refractivity contribution in [3.05, 3.63) is 48.5 Å². The van der Waals surface area contributed by atoms with Gasteiger partial charge in [0, 0.05) is 25.9 Å². The summed E-state index contributed by atoms with van der Waals surface area (Å²) >= 11 is 0. The lowest BCUT2D eigenvalue weighted by molar-refractivity contribution is -0.122. The summed E-state index contributed by atoms with van der Waals surface area (Å²) in [4.78, 5) is 41.0. The third-order valence-corrected chi connectivity index (χ3v) is 5.43. The first-order valence-electron chi connectivity index (χ1n) is 10.6. The van der Waals surface area contributed by atoms with Gasteiger partial charge in [0.25, 0.3) is 0 Å². The molecule has 2 aromatic rings. The summed E-state index contributed by atoms with van der Waals surface area (Å²) in [6, 6.07) is 14.3. The Labute approximate surface area is 181 Å². The standard InChI is InChI=1S/C23H26N4O4/c28-21(11-12-22(29)27-15-16-31-20-10-4-3-9-19(20)27)24-17-7-1-2-8-18(17)25-23(30)26-13-5-6-14-26/h1-4,7-10H,5-6,11-16H2,(H,24,28)(H,25,30). The van der Waals surface area contributed by atoms with Gasteiger partial charge in [-0.15, -0.1) is 0 Å². The van der Waals surface area contributed by atoms with Crippen molar-refractivity contribution >= 4 is 34.9 Å². The highest BCUT2D eigenvalue weighted by atomic mass is 16.5. The summed E-state index contributed by atoms with van der Waals surface area (Å²) in [5, 5.41) is 5.68. The topological polar surface area (TPSA) is 91.0 Å². The molecular weight excluding hydrogens is 396 g/mol. The van der Waals surface area contributed by atoms with Crippen molar-refractivity contribution in [3.63, 3.8) is 0 Å². The predicted octanol–water partition coefficient (Wildman–Crippen LogP) is 3.46. The van der Waals surface area contributed by atoms with E-state index < -0.39 is 0 Å². The van der Waals surface area contributed by atoms with E-state index in [2.05, 4.69) is 10.6 Å². The Bertz CT molecular complexity index is 972. The van der Waals surface area contributed by atoms with E-state index in [4.69, 9.17) is 4.74 Å². The molecule has 2 aliphatic heterocycles. The summed E-state index contributed by atoms with van der Waals surface area (Å²) in [6.07, 6.45) is 2.15. The maximum absolute atomic E-state index is 12.7. The van der Waals surface area contributed by atoms with E-state index in [1.165, 1.54) is 0 Å². The smallest absolute Gasteiger partial charge is 0.321 e. The minimum atomic E-state index is -0.280. The second kappa shape index (κ2) is 9.51. The van der Waals surface area contributed by atoms with Crippen molar-refractivity contribution in [1.82, 2.24) is 4.90 Å². The van der Waals surface area contributed by atoms with Crippen LogP contribution >= 0.6 is 0 Å². The van der Waals surface area contributed by atoms with Crippen LogP contribution in [0.3, 0.4) is 0 Å². The number of para-hydroxylation sites is 4. The molecule has 31 heavy (non-hydrogen) atoms. The Morgan fingerprint density at radius 2 is 1.52 bits per heavy atom. The number of anilines is 3. The van der Waals surface area contributed by atoms with Gasteiger partial charge in [-0.05, 0) is 37.1 Å². The van der Waals surface area contributed by atoms with Crippen LogP contribution in [0.1, 0.15) is 25.7 Å². The fraction of sp³-hybridized carbons (Fsp3) is 0.348. The molecule has 2 aliphatic rings. The summed E-state index contributed by atoms with van der Waals surface area (Å²) in [6.45, 7) is 2.38. The first kappa shape index (κ1) is 20.7. The zero-order valence-electron chi connectivity index (χ0n) is 17.3. The number of fused-ring (bicyclic) bond motifs is 1. The molecular formula is C23H26N4O4. The molecule has 1 saturated heterocycles. The van der Waals surface area contributed by atoms with Crippen LogP contribution < -0.4 is 20.3 Å². The van der Waals surface area contributed by atoms with Gasteiger partial charge in [0.2, 0.25) is 11.8 Å². The highest BCUT2D eigenvalue weighted by Gasteiger charge is 2.24. The Kier molecular flexibility index (Phi) is 6.35. The van der Waals surface area contributed by atoms with E-state index in [0.29, 0.717) is 30.3 Å². The van der Waals surface area contributed by atoms with E-state index >= 15 is 0 Å². The molecule has 4 amide bonds. The van der Waals surface area contributed by atoms with E-state index in [0.717, 1.165) is 31.6 Å². The second-order valence-corrected chi connectivity index (χ2v) is 7.58. The zero-order chi connectivity index (χ0) is 21.6. The Balaban J connectivity index is 1.33. The van der Waals surface area contributed by atoms with Gasteiger partial charge in [-0.25, -0.2) is 4.79 Å². The molecule has 0 unspecified atom stereocenters. The fourth-order valence-corrected chi connectivity index (χ4v) is 3.81. The van der Waals surface area contributed by atoms with Crippen molar-refractivity contribution in [1.29, 1.82) is 0 Å². The Morgan fingerprint density at radius 3 is 2.29 bits per heavy atom. The molecule has 2 N–H and O–H groups in total. The molecule has 0 aromatic heterocycles. The van der Waals surface area contributed by atoms with E-state index in [9.17, 15) is 14.4 Å².